The van der Waals surface area contributed by atoms with E-state index in [-0.39, 0.29) is 5.56 Å². The Labute approximate surface area is 126 Å². The predicted octanol–water partition coefficient (Wildman–Crippen LogP) is 4.41. The van der Waals surface area contributed by atoms with Gasteiger partial charge in [-0.25, -0.2) is 9.78 Å². The van der Waals surface area contributed by atoms with Crippen LogP contribution in [0.5, 0.6) is 11.6 Å². The van der Waals surface area contributed by atoms with Gasteiger partial charge in [0.2, 0.25) is 5.88 Å². The van der Waals surface area contributed by atoms with E-state index < -0.39 is 5.97 Å². The van der Waals surface area contributed by atoms with Crippen molar-refractivity contribution in [2.45, 2.75) is 6.92 Å². The van der Waals surface area contributed by atoms with Crippen molar-refractivity contribution in [3.63, 3.8) is 0 Å². The van der Waals surface area contributed by atoms with E-state index in [0.717, 1.165) is 4.47 Å². The lowest BCUT2D eigenvalue weighted by Gasteiger charge is -2.08. The molecule has 19 heavy (non-hydrogen) atoms. The van der Waals surface area contributed by atoms with Gasteiger partial charge < -0.3 is 9.84 Å². The minimum absolute atomic E-state index is 0.259. The molecule has 2 aromatic rings. The summed E-state index contributed by atoms with van der Waals surface area (Å²) in [6, 6.07) is 6.60. The largest absolute Gasteiger partial charge is 0.478 e. The van der Waals surface area contributed by atoms with Gasteiger partial charge in [-0.1, -0.05) is 0 Å². The molecule has 1 aromatic carbocycles. The summed E-state index contributed by atoms with van der Waals surface area (Å²) in [7, 11) is 0. The Morgan fingerprint density at radius 3 is 2.63 bits per heavy atom. The molecule has 0 saturated heterocycles. The Morgan fingerprint density at radius 1 is 1.32 bits per heavy atom. The van der Waals surface area contributed by atoms with Crippen LogP contribution in [0.4, 0.5) is 0 Å². The number of aryl methyl sites for hydroxylation is 1. The smallest absolute Gasteiger partial charge is 0.335 e. The van der Waals surface area contributed by atoms with Crippen molar-refractivity contribution in [3.8, 4) is 11.6 Å². The predicted molar refractivity (Wildman–Crippen MR) is 77.8 cm³/mol. The van der Waals surface area contributed by atoms with Crippen molar-refractivity contribution in [2.24, 2.45) is 0 Å². The van der Waals surface area contributed by atoms with Gasteiger partial charge in [-0.05, 0) is 68.6 Å². The van der Waals surface area contributed by atoms with Crippen LogP contribution in [0.1, 0.15) is 15.9 Å². The number of carbonyl (C=O) groups is 1. The lowest BCUT2D eigenvalue weighted by molar-refractivity contribution is 0.0696. The van der Waals surface area contributed by atoms with E-state index in [0.29, 0.717) is 21.7 Å². The highest BCUT2D eigenvalue weighted by Crippen LogP contribution is 2.30. The fourth-order valence-corrected chi connectivity index (χ4v) is 2.60. The second-order valence-electron chi connectivity index (χ2n) is 3.82. The summed E-state index contributed by atoms with van der Waals surface area (Å²) in [5.41, 5.74) is 0.897. The number of halogens is 2. The molecule has 0 aliphatic carbocycles. The zero-order chi connectivity index (χ0) is 14.0. The zero-order valence-electron chi connectivity index (χ0n) is 9.85. The van der Waals surface area contributed by atoms with Gasteiger partial charge in [-0.3, -0.25) is 0 Å². The molecule has 0 aliphatic heterocycles. The molecule has 4 nitrogen and oxygen atoms in total. The molecule has 2 rings (SSSR count). The van der Waals surface area contributed by atoms with Crippen LogP contribution in [0, 0.1) is 6.92 Å². The summed E-state index contributed by atoms with van der Waals surface area (Å²) in [4.78, 5) is 15.0. The van der Waals surface area contributed by atoms with Crippen molar-refractivity contribution in [3.05, 3.63) is 50.5 Å². The fourth-order valence-electron chi connectivity index (χ4n) is 1.53. The van der Waals surface area contributed by atoms with E-state index >= 15 is 0 Å². The number of aromatic carboxylic acids is 1. The van der Waals surface area contributed by atoms with Gasteiger partial charge in [-0.15, -0.1) is 0 Å². The van der Waals surface area contributed by atoms with Gasteiger partial charge in [0.1, 0.15) is 5.75 Å². The molecule has 0 saturated carbocycles. The van der Waals surface area contributed by atoms with Crippen molar-refractivity contribution in [2.75, 3.05) is 0 Å². The lowest BCUT2D eigenvalue weighted by Crippen LogP contribution is -1.99. The first-order chi connectivity index (χ1) is 8.97. The third kappa shape index (κ3) is 3.33. The summed E-state index contributed by atoms with van der Waals surface area (Å²) in [6.07, 6.45) is 1.62. The van der Waals surface area contributed by atoms with Crippen LogP contribution >= 0.6 is 31.9 Å². The zero-order valence-corrected chi connectivity index (χ0v) is 13.0. The van der Waals surface area contributed by atoms with E-state index in [1.54, 1.807) is 25.3 Å². The molecule has 0 spiro atoms. The van der Waals surface area contributed by atoms with Gasteiger partial charge >= 0.3 is 5.97 Å². The van der Waals surface area contributed by atoms with E-state index in [2.05, 4.69) is 36.8 Å². The molecule has 0 radical (unpaired) electrons. The van der Waals surface area contributed by atoms with E-state index in [4.69, 9.17) is 9.84 Å². The van der Waals surface area contributed by atoms with E-state index in [1.165, 1.54) is 6.07 Å². The average Bonchev–Trinajstić information content (AvgIpc) is 2.32. The molecule has 0 aliphatic rings. The SMILES string of the molecule is Cc1cc(Oc2ncc(Br)cc2Br)ccc1C(=O)O. The monoisotopic (exact) mass is 385 g/mol. The third-order valence-electron chi connectivity index (χ3n) is 2.42. The van der Waals surface area contributed by atoms with Gasteiger partial charge in [0, 0.05) is 10.7 Å². The number of carboxylic acids is 1. The van der Waals surface area contributed by atoms with Crippen LogP contribution in [0.15, 0.2) is 39.4 Å². The molecule has 6 heteroatoms. The topological polar surface area (TPSA) is 59.4 Å². The number of rotatable bonds is 3. The maximum atomic E-state index is 10.9. The molecule has 0 unspecified atom stereocenters. The van der Waals surface area contributed by atoms with Crippen molar-refractivity contribution in [1.82, 2.24) is 4.98 Å². The standard InChI is InChI=1S/C13H9Br2NO3/c1-7-4-9(2-3-10(7)13(17)18)19-12-11(15)5-8(14)6-16-12/h2-6H,1H3,(H,17,18). The number of benzene rings is 1. The lowest BCUT2D eigenvalue weighted by atomic mass is 10.1. The van der Waals surface area contributed by atoms with Gasteiger partial charge in [0.25, 0.3) is 0 Å². The fraction of sp³-hybridized carbons (Fsp3) is 0.0769. The van der Waals surface area contributed by atoms with Gasteiger partial charge in [-0.2, -0.15) is 0 Å². The molecule has 0 fully saturated rings. The Hall–Kier alpha value is -1.40. The van der Waals surface area contributed by atoms with Crippen molar-refractivity contribution < 1.29 is 14.6 Å². The molecule has 98 valence electrons. The first kappa shape index (κ1) is 14.0. The van der Waals surface area contributed by atoms with Crippen LogP contribution in [0.3, 0.4) is 0 Å². The Bertz CT molecular complexity index is 644. The number of ether oxygens (including phenoxy) is 1. The highest BCUT2D eigenvalue weighted by atomic mass is 79.9. The molecular formula is C13H9Br2NO3. The maximum absolute atomic E-state index is 10.9. The van der Waals surface area contributed by atoms with Crippen LogP contribution in [-0.4, -0.2) is 16.1 Å². The molecule has 0 amide bonds. The van der Waals surface area contributed by atoms with E-state index in [1.807, 2.05) is 6.07 Å². The molecule has 1 N–H and O–H groups in total. The molecule has 0 bridgehead atoms. The maximum Gasteiger partial charge on any atom is 0.335 e. The van der Waals surface area contributed by atoms with Gasteiger partial charge in [0.15, 0.2) is 0 Å². The highest BCUT2D eigenvalue weighted by Gasteiger charge is 2.10. The summed E-state index contributed by atoms with van der Waals surface area (Å²) < 4.78 is 7.16. The second-order valence-corrected chi connectivity index (χ2v) is 5.59. The normalized spacial score (nSPS) is 10.3. The second kappa shape index (κ2) is 5.71. The first-order valence-electron chi connectivity index (χ1n) is 5.30. The molecular weight excluding hydrogens is 378 g/mol. The van der Waals surface area contributed by atoms with Crippen molar-refractivity contribution in [1.29, 1.82) is 0 Å². The average molecular weight is 387 g/mol. The summed E-state index contributed by atoms with van der Waals surface area (Å²) in [5.74, 6) is 0.00990. The number of hydrogen-bond acceptors (Lipinski definition) is 3. The van der Waals surface area contributed by atoms with E-state index in [9.17, 15) is 4.79 Å². The van der Waals surface area contributed by atoms with Crippen LogP contribution < -0.4 is 4.74 Å². The summed E-state index contributed by atoms with van der Waals surface area (Å²) in [5, 5.41) is 8.96. The number of carboxylic acid groups (broad SMARTS) is 1. The van der Waals surface area contributed by atoms with Gasteiger partial charge in [0.05, 0.1) is 10.0 Å². The number of nitrogens with zero attached hydrogens (tertiary/aromatic N) is 1. The Morgan fingerprint density at radius 2 is 2.05 bits per heavy atom. The van der Waals surface area contributed by atoms with Crippen LogP contribution in [0.25, 0.3) is 0 Å². The number of hydrogen-bond donors (Lipinski definition) is 1. The van der Waals surface area contributed by atoms with Crippen molar-refractivity contribution >= 4 is 37.8 Å². The minimum Gasteiger partial charge on any atom is -0.478 e. The summed E-state index contributed by atoms with van der Waals surface area (Å²) in [6.45, 7) is 1.72. The molecule has 1 heterocycles. The summed E-state index contributed by atoms with van der Waals surface area (Å²) >= 11 is 6.65. The van der Waals surface area contributed by atoms with Crippen LogP contribution in [0.2, 0.25) is 0 Å². The minimum atomic E-state index is -0.952. The molecule has 1 aromatic heterocycles. The first-order valence-corrected chi connectivity index (χ1v) is 6.89. The quantitative estimate of drug-likeness (QED) is 0.848. The van der Waals surface area contributed by atoms with Crippen LogP contribution in [-0.2, 0) is 0 Å². The number of aromatic nitrogens is 1. The Balaban J connectivity index is 2.29. The number of pyridine rings is 1. The third-order valence-corrected chi connectivity index (χ3v) is 3.42. The Kier molecular flexibility index (Phi) is 4.21. The highest BCUT2D eigenvalue weighted by molar-refractivity contribution is 9.11. The molecule has 0 atom stereocenters.